The summed E-state index contributed by atoms with van der Waals surface area (Å²) >= 11 is 5.23. The van der Waals surface area contributed by atoms with Crippen LogP contribution in [0.5, 0.6) is 0 Å². The molecule has 0 fully saturated rings. The summed E-state index contributed by atoms with van der Waals surface area (Å²) in [6.07, 6.45) is 0. The van der Waals surface area contributed by atoms with Gasteiger partial charge in [0.2, 0.25) is 5.76 Å². The molecule has 0 saturated heterocycles. The Labute approximate surface area is 152 Å². The maximum atomic E-state index is 13.0. The van der Waals surface area contributed by atoms with Crippen molar-refractivity contribution in [2.24, 2.45) is 5.92 Å². The fourth-order valence-corrected chi connectivity index (χ4v) is 4.82. The van der Waals surface area contributed by atoms with Gasteiger partial charge in [0.25, 0.3) is 0 Å². The van der Waals surface area contributed by atoms with Gasteiger partial charge in [-0.1, -0.05) is 26.0 Å². The monoisotopic (exact) mass is 408 g/mol. The zero-order valence-electron chi connectivity index (χ0n) is 13.8. The quantitative estimate of drug-likeness (QED) is 0.656. The predicted octanol–water partition coefficient (Wildman–Crippen LogP) is 4.97. The fraction of sp³-hybridized carbons (Fsp3) is 0.333. The summed E-state index contributed by atoms with van der Waals surface area (Å²) in [6, 6.07) is 5.75. The van der Waals surface area contributed by atoms with Crippen molar-refractivity contribution in [3.05, 3.63) is 49.8 Å². The van der Waals surface area contributed by atoms with Crippen molar-refractivity contribution in [2.45, 2.75) is 30.9 Å². The molecule has 0 aliphatic carbocycles. The molecule has 6 heteroatoms. The first-order valence-corrected chi connectivity index (χ1v) is 9.25. The Hall–Kier alpha value is -1.53. The molecule has 1 aliphatic heterocycles. The fourth-order valence-electron chi connectivity index (χ4n) is 2.85. The Kier molecular flexibility index (Phi) is 4.62. The normalized spacial score (nSPS) is 15.8. The average Bonchev–Trinajstić information content (AvgIpc) is 2.56. The van der Waals surface area contributed by atoms with E-state index in [0.717, 1.165) is 14.9 Å². The number of thioether (sulfide) groups is 1. The van der Waals surface area contributed by atoms with E-state index in [1.54, 1.807) is 18.7 Å². The van der Waals surface area contributed by atoms with E-state index in [-0.39, 0.29) is 22.4 Å². The van der Waals surface area contributed by atoms with E-state index in [2.05, 4.69) is 29.8 Å². The molecule has 0 bridgehead atoms. The van der Waals surface area contributed by atoms with Crippen LogP contribution in [0.4, 0.5) is 0 Å². The first-order chi connectivity index (χ1) is 11.4. The third-order valence-electron chi connectivity index (χ3n) is 4.09. The molecule has 1 atom stereocenters. The van der Waals surface area contributed by atoms with Crippen LogP contribution < -0.4 is 5.43 Å². The minimum absolute atomic E-state index is 0.0263. The van der Waals surface area contributed by atoms with Crippen LogP contribution in [0, 0.1) is 12.8 Å². The first kappa shape index (κ1) is 17.3. The van der Waals surface area contributed by atoms with Crippen molar-refractivity contribution in [1.82, 2.24) is 0 Å². The number of carbonyl (C=O) groups excluding carboxylic acids is 1. The summed E-state index contributed by atoms with van der Waals surface area (Å²) in [7, 11) is 1.28. The molecule has 0 saturated carbocycles. The van der Waals surface area contributed by atoms with Crippen LogP contribution in [0.15, 0.2) is 36.8 Å². The highest BCUT2D eigenvalue weighted by atomic mass is 79.9. The maximum Gasteiger partial charge on any atom is 0.374 e. The molecule has 24 heavy (non-hydrogen) atoms. The Balaban J connectivity index is 2.39. The van der Waals surface area contributed by atoms with E-state index in [4.69, 9.17) is 9.15 Å². The third kappa shape index (κ3) is 2.62. The highest BCUT2D eigenvalue weighted by Gasteiger charge is 2.35. The Morgan fingerprint density at radius 1 is 1.38 bits per heavy atom. The summed E-state index contributed by atoms with van der Waals surface area (Å²) in [5.74, 6) is 0.0462. The van der Waals surface area contributed by atoms with Crippen LogP contribution in [0.1, 0.15) is 40.8 Å². The molecule has 126 valence electrons. The van der Waals surface area contributed by atoms with Crippen LogP contribution in [0.2, 0.25) is 0 Å². The molecule has 1 aliphatic rings. The predicted molar refractivity (Wildman–Crippen MR) is 97.6 cm³/mol. The van der Waals surface area contributed by atoms with E-state index in [1.807, 2.05) is 18.2 Å². The Morgan fingerprint density at radius 3 is 2.71 bits per heavy atom. The van der Waals surface area contributed by atoms with Crippen LogP contribution in [0.25, 0.3) is 11.3 Å². The smallest absolute Gasteiger partial charge is 0.374 e. The van der Waals surface area contributed by atoms with Crippen LogP contribution in [-0.4, -0.2) is 13.1 Å². The van der Waals surface area contributed by atoms with Crippen molar-refractivity contribution < 1.29 is 13.9 Å². The molecule has 1 aromatic carbocycles. The molecule has 0 N–H and O–H groups in total. The van der Waals surface area contributed by atoms with Crippen molar-refractivity contribution in [1.29, 1.82) is 0 Å². The van der Waals surface area contributed by atoms with Gasteiger partial charge in [-0.25, -0.2) is 4.79 Å². The zero-order valence-corrected chi connectivity index (χ0v) is 16.2. The van der Waals surface area contributed by atoms with Gasteiger partial charge in [-0.05, 0) is 34.8 Å². The van der Waals surface area contributed by atoms with Gasteiger partial charge in [-0.2, -0.15) is 0 Å². The summed E-state index contributed by atoms with van der Waals surface area (Å²) in [6.45, 7) is 5.76. The number of esters is 1. The third-order valence-corrected chi connectivity index (χ3v) is 6.72. The van der Waals surface area contributed by atoms with Crippen molar-refractivity contribution >= 4 is 33.7 Å². The van der Waals surface area contributed by atoms with Gasteiger partial charge < -0.3 is 9.15 Å². The Morgan fingerprint density at radius 2 is 2.08 bits per heavy atom. The average molecular weight is 409 g/mol. The van der Waals surface area contributed by atoms with Gasteiger partial charge in [0.05, 0.1) is 12.7 Å². The van der Waals surface area contributed by atoms with Gasteiger partial charge in [-0.3, -0.25) is 4.79 Å². The first-order valence-electron chi connectivity index (χ1n) is 7.58. The van der Waals surface area contributed by atoms with Crippen LogP contribution in [0.3, 0.4) is 0 Å². The molecule has 1 aromatic heterocycles. The van der Waals surface area contributed by atoms with Gasteiger partial charge in [-0.15, -0.1) is 11.8 Å². The molecule has 0 radical (unpaired) electrons. The molecular weight excluding hydrogens is 392 g/mol. The number of hydrogen-bond acceptors (Lipinski definition) is 5. The van der Waals surface area contributed by atoms with E-state index >= 15 is 0 Å². The largest absolute Gasteiger partial charge is 0.463 e. The van der Waals surface area contributed by atoms with E-state index in [0.29, 0.717) is 16.9 Å². The molecule has 0 spiro atoms. The summed E-state index contributed by atoms with van der Waals surface area (Å²) < 4.78 is 11.6. The highest BCUT2D eigenvalue weighted by molar-refractivity contribution is 9.10. The second kappa shape index (κ2) is 6.41. The highest BCUT2D eigenvalue weighted by Crippen LogP contribution is 2.53. The summed E-state index contributed by atoms with van der Waals surface area (Å²) in [5.41, 5.74) is 1.60. The van der Waals surface area contributed by atoms with Crippen molar-refractivity contribution in [2.75, 3.05) is 7.11 Å². The van der Waals surface area contributed by atoms with E-state index in [9.17, 15) is 9.59 Å². The molecule has 0 amide bonds. The minimum Gasteiger partial charge on any atom is -0.463 e. The van der Waals surface area contributed by atoms with Crippen LogP contribution >= 0.6 is 27.7 Å². The van der Waals surface area contributed by atoms with Gasteiger partial charge in [0.1, 0.15) is 5.76 Å². The molecule has 2 heterocycles. The summed E-state index contributed by atoms with van der Waals surface area (Å²) in [4.78, 5) is 26.0. The number of benzene rings is 1. The van der Waals surface area contributed by atoms with Crippen molar-refractivity contribution in [3.63, 3.8) is 0 Å². The number of rotatable bonds is 2. The molecule has 2 aromatic rings. The molecular formula is C18H17BrO4S. The Bertz CT molecular complexity index is 885. The lowest BCUT2D eigenvalue weighted by atomic mass is 9.95. The van der Waals surface area contributed by atoms with Gasteiger partial charge in [0.15, 0.2) is 5.43 Å². The number of methoxy groups -OCH3 is 1. The van der Waals surface area contributed by atoms with Gasteiger partial charge >= 0.3 is 5.97 Å². The maximum absolute atomic E-state index is 13.0. The van der Waals surface area contributed by atoms with Gasteiger partial charge in [0, 0.05) is 25.7 Å². The molecule has 4 nitrogen and oxygen atoms in total. The van der Waals surface area contributed by atoms with E-state index < -0.39 is 5.97 Å². The van der Waals surface area contributed by atoms with Crippen LogP contribution in [-0.2, 0) is 4.74 Å². The second-order valence-corrected chi connectivity index (χ2v) is 8.02. The molecule has 3 rings (SSSR count). The number of halogens is 1. The SMILES string of the molecule is COC(=O)c1oc2c(c(=O)c1C)C(C(C)C)Sc1c(Br)cccc1-2. The standard InChI is InChI=1S/C18H17BrO4S/c1-8(2)16-12-13(20)9(3)14(18(21)22-4)23-15(12)10-6-5-7-11(19)17(10)24-16/h5-8,16H,1-4H3. The minimum atomic E-state index is -0.636. The van der Waals surface area contributed by atoms with Crippen molar-refractivity contribution in [3.8, 4) is 11.3 Å². The number of ether oxygens (including phenoxy) is 1. The number of hydrogen-bond donors (Lipinski definition) is 0. The molecule has 1 unspecified atom stereocenters. The number of carbonyl (C=O) groups is 1. The lowest BCUT2D eigenvalue weighted by Crippen LogP contribution is -2.24. The number of fused-ring (bicyclic) bond motifs is 3. The lowest BCUT2D eigenvalue weighted by Gasteiger charge is -2.29. The topological polar surface area (TPSA) is 56.5 Å². The summed E-state index contributed by atoms with van der Waals surface area (Å²) in [5, 5.41) is -0.0344. The van der Waals surface area contributed by atoms with E-state index in [1.165, 1.54) is 7.11 Å². The lowest BCUT2D eigenvalue weighted by molar-refractivity contribution is 0.0561. The second-order valence-electron chi connectivity index (χ2n) is 6.02. The zero-order chi connectivity index (χ0) is 17.6.